The van der Waals surface area contributed by atoms with E-state index in [4.69, 9.17) is 0 Å². The Morgan fingerprint density at radius 3 is 2.96 bits per heavy atom. The number of halogens is 1. The van der Waals surface area contributed by atoms with Gasteiger partial charge in [-0.15, -0.1) is 0 Å². The van der Waals surface area contributed by atoms with Crippen molar-refractivity contribution in [2.24, 2.45) is 5.92 Å². The first-order chi connectivity index (χ1) is 11.2. The summed E-state index contributed by atoms with van der Waals surface area (Å²) in [7, 11) is 2.22. The van der Waals surface area contributed by atoms with Gasteiger partial charge in [0.15, 0.2) is 0 Å². The van der Waals surface area contributed by atoms with Gasteiger partial charge in [-0.2, -0.15) is 0 Å². The van der Waals surface area contributed by atoms with Gasteiger partial charge in [-0.05, 0) is 64.0 Å². The molecule has 1 aliphatic heterocycles. The average molecular weight is 377 g/mol. The first kappa shape index (κ1) is 16.7. The van der Waals surface area contributed by atoms with E-state index in [9.17, 15) is 0 Å². The highest BCUT2D eigenvalue weighted by molar-refractivity contribution is 9.10. The lowest BCUT2D eigenvalue weighted by Crippen LogP contribution is -2.31. The molecule has 2 aromatic rings. The first-order valence-electron chi connectivity index (χ1n) is 8.40. The van der Waals surface area contributed by atoms with Crippen LogP contribution >= 0.6 is 15.9 Å². The molecule has 2 heterocycles. The summed E-state index contributed by atoms with van der Waals surface area (Å²) in [6, 6.07) is 8.27. The number of hydrogen-bond acceptors (Lipinski definition) is 3. The quantitative estimate of drug-likeness (QED) is 0.756. The lowest BCUT2D eigenvalue weighted by molar-refractivity contribution is 0.211. The highest BCUT2D eigenvalue weighted by Crippen LogP contribution is 2.21. The smallest absolute Gasteiger partial charge is 0.120 e. The highest BCUT2D eigenvalue weighted by Gasteiger charge is 2.15. The predicted octanol–water partition coefficient (Wildman–Crippen LogP) is 3.66. The summed E-state index contributed by atoms with van der Waals surface area (Å²) in [5, 5.41) is 3.52. The fourth-order valence-corrected chi connectivity index (χ4v) is 3.52. The molecule has 0 atom stereocenters. The molecule has 0 bridgehead atoms. The minimum Gasteiger partial charge on any atom is -0.341 e. The maximum Gasteiger partial charge on any atom is 0.120 e. The summed E-state index contributed by atoms with van der Waals surface area (Å²) in [4.78, 5) is 10.3. The number of piperidine rings is 1. The normalized spacial score (nSPS) is 16.8. The first-order valence-corrected chi connectivity index (χ1v) is 9.19. The Balaban J connectivity index is 1.43. The van der Waals surface area contributed by atoms with Crippen LogP contribution in [0.25, 0.3) is 11.3 Å². The van der Waals surface area contributed by atoms with Crippen molar-refractivity contribution in [1.82, 2.24) is 20.2 Å². The van der Waals surface area contributed by atoms with E-state index in [1.165, 1.54) is 32.4 Å². The van der Waals surface area contributed by atoms with E-state index in [0.717, 1.165) is 40.6 Å². The Hall–Kier alpha value is -1.17. The topological polar surface area (TPSA) is 44.0 Å². The molecule has 4 nitrogen and oxygen atoms in total. The van der Waals surface area contributed by atoms with Crippen LogP contribution in [0.3, 0.4) is 0 Å². The molecule has 1 saturated heterocycles. The van der Waals surface area contributed by atoms with Gasteiger partial charge in [0.2, 0.25) is 0 Å². The molecule has 3 rings (SSSR count). The Morgan fingerprint density at radius 2 is 2.17 bits per heavy atom. The number of aromatic amines is 1. The molecule has 0 amide bonds. The summed E-state index contributed by atoms with van der Waals surface area (Å²) < 4.78 is 1.09. The Labute approximate surface area is 146 Å². The molecular formula is C18H25BrN4. The van der Waals surface area contributed by atoms with E-state index in [-0.39, 0.29) is 0 Å². The third kappa shape index (κ3) is 4.90. The lowest BCUT2D eigenvalue weighted by Gasteiger charge is -2.28. The standard InChI is InChI=1S/C18H25BrN4/c1-23-9-6-14(7-10-23)5-8-20-13-18-21-12-17(22-18)15-3-2-4-16(19)11-15/h2-4,11-12,14,20H,5-10,13H2,1H3,(H,21,22). The molecule has 0 unspecified atom stereocenters. The molecule has 1 aliphatic rings. The van der Waals surface area contributed by atoms with Crippen LogP contribution in [-0.4, -0.2) is 41.5 Å². The fourth-order valence-electron chi connectivity index (χ4n) is 3.12. The van der Waals surface area contributed by atoms with E-state index in [1.807, 2.05) is 18.3 Å². The number of rotatable bonds is 6. The van der Waals surface area contributed by atoms with Crippen LogP contribution in [0.2, 0.25) is 0 Å². The van der Waals surface area contributed by atoms with Gasteiger partial charge in [-0.3, -0.25) is 0 Å². The third-order valence-corrected chi connectivity index (χ3v) is 5.12. The second kappa shape index (κ2) is 8.08. The Bertz CT molecular complexity index is 617. The van der Waals surface area contributed by atoms with Gasteiger partial charge in [-0.25, -0.2) is 4.98 Å². The van der Waals surface area contributed by atoms with Gasteiger partial charge >= 0.3 is 0 Å². The van der Waals surface area contributed by atoms with Crippen LogP contribution in [0.1, 0.15) is 25.1 Å². The Kier molecular flexibility index (Phi) is 5.86. The van der Waals surface area contributed by atoms with Gasteiger partial charge in [0, 0.05) is 10.0 Å². The largest absolute Gasteiger partial charge is 0.341 e. The number of benzene rings is 1. The van der Waals surface area contributed by atoms with Gasteiger partial charge in [0.1, 0.15) is 5.82 Å². The lowest BCUT2D eigenvalue weighted by atomic mass is 9.94. The van der Waals surface area contributed by atoms with E-state index in [1.54, 1.807) is 0 Å². The summed E-state index contributed by atoms with van der Waals surface area (Å²) in [5.41, 5.74) is 2.22. The van der Waals surface area contributed by atoms with Gasteiger partial charge in [0.05, 0.1) is 18.4 Å². The van der Waals surface area contributed by atoms with Crippen LogP contribution in [0.5, 0.6) is 0 Å². The molecular weight excluding hydrogens is 352 g/mol. The summed E-state index contributed by atoms with van der Waals surface area (Å²) in [6.45, 7) is 4.37. The number of nitrogens with zero attached hydrogens (tertiary/aromatic N) is 2. The van der Waals surface area contributed by atoms with Crippen LogP contribution in [0.4, 0.5) is 0 Å². The molecule has 1 fully saturated rings. The van der Waals surface area contributed by atoms with Crippen molar-refractivity contribution in [2.45, 2.75) is 25.8 Å². The number of aromatic nitrogens is 2. The molecule has 0 spiro atoms. The SMILES string of the molecule is CN1CCC(CCNCc2ncc(-c3cccc(Br)c3)[nH]2)CC1. The van der Waals surface area contributed by atoms with E-state index >= 15 is 0 Å². The van der Waals surface area contributed by atoms with Crippen molar-refractivity contribution < 1.29 is 0 Å². The van der Waals surface area contributed by atoms with Crippen molar-refractivity contribution in [3.63, 3.8) is 0 Å². The van der Waals surface area contributed by atoms with E-state index < -0.39 is 0 Å². The zero-order valence-electron chi connectivity index (χ0n) is 13.7. The van der Waals surface area contributed by atoms with Crippen molar-refractivity contribution >= 4 is 15.9 Å². The van der Waals surface area contributed by atoms with Gasteiger partial charge < -0.3 is 15.2 Å². The molecule has 1 aromatic heterocycles. The van der Waals surface area contributed by atoms with E-state index in [2.05, 4.69) is 55.3 Å². The number of hydrogen-bond donors (Lipinski definition) is 2. The minimum absolute atomic E-state index is 0.806. The second-order valence-corrected chi connectivity index (χ2v) is 7.38. The van der Waals surface area contributed by atoms with Crippen LogP contribution < -0.4 is 5.32 Å². The van der Waals surface area contributed by atoms with Gasteiger partial charge in [-0.1, -0.05) is 28.1 Å². The molecule has 2 N–H and O–H groups in total. The molecule has 0 aliphatic carbocycles. The number of H-pyrrole nitrogens is 1. The predicted molar refractivity (Wildman–Crippen MR) is 98.3 cm³/mol. The second-order valence-electron chi connectivity index (χ2n) is 6.47. The van der Waals surface area contributed by atoms with Crippen molar-refractivity contribution in [3.8, 4) is 11.3 Å². The fraction of sp³-hybridized carbons (Fsp3) is 0.500. The highest BCUT2D eigenvalue weighted by atomic mass is 79.9. The zero-order chi connectivity index (χ0) is 16.1. The maximum absolute atomic E-state index is 4.48. The maximum atomic E-state index is 4.48. The average Bonchev–Trinajstić information content (AvgIpc) is 3.02. The monoisotopic (exact) mass is 376 g/mol. The van der Waals surface area contributed by atoms with Crippen molar-refractivity contribution in [3.05, 3.63) is 40.8 Å². The molecule has 124 valence electrons. The van der Waals surface area contributed by atoms with Gasteiger partial charge in [0.25, 0.3) is 0 Å². The van der Waals surface area contributed by atoms with Crippen LogP contribution in [-0.2, 0) is 6.54 Å². The number of imidazole rings is 1. The van der Waals surface area contributed by atoms with Crippen molar-refractivity contribution in [2.75, 3.05) is 26.7 Å². The zero-order valence-corrected chi connectivity index (χ0v) is 15.3. The van der Waals surface area contributed by atoms with Crippen LogP contribution in [0, 0.1) is 5.92 Å². The number of nitrogens with one attached hydrogen (secondary N) is 2. The van der Waals surface area contributed by atoms with Crippen molar-refractivity contribution in [1.29, 1.82) is 0 Å². The summed E-state index contributed by atoms with van der Waals surface area (Å²) in [5.74, 6) is 1.89. The van der Waals surface area contributed by atoms with E-state index in [0.29, 0.717) is 0 Å². The number of likely N-dealkylation sites (tertiary alicyclic amines) is 1. The molecule has 5 heteroatoms. The molecule has 23 heavy (non-hydrogen) atoms. The minimum atomic E-state index is 0.806. The molecule has 1 aromatic carbocycles. The Morgan fingerprint density at radius 1 is 1.35 bits per heavy atom. The summed E-state index contributed by atoms with van der Waals surface area (Å²) >= 11 is 3.51. The molecule has 0 radical (unpaired) electrons. The molecule has 0 saturated carbocycles. The summed E-state index contributed by atoms with van der Waals surface area (Å²) in [6.07, 6.45) is 5.86. The third-order valence-electron chi connectivity index (χ3n) is 4.62. The van der Waals surface area contributed by atoms with Crippen LogP contribution in [0.15, 0.2) is 34.9 Å².